The van der Waals surface area contributed by atoms with Crippen LogP contribution in [0.2, 0.25) is 0 Å². The minimum atomic E-state index is 0.797. The predicted octanol–water partition coefficient (Wildman–Crippen LogP) is 3.80. The zero-order valence-corrected chi connectivity index (χ0v) is 14.9. The molecule has 0 atom stereocenters. The molecule has 0 aliphatic heterocycles. The van der Waals surface area contributed by atoms with E-state index in [4.69, 9.17) is 0 Å². The molecule has 3 aromatic rings. The van der Waals surface area contributed by atoms with Crippen LogP contribution in [0.4, 0.5) is 0 Å². The third kappa shape index (κ3) is 3.44. The molecule has 0 aliphatic rings. The highest BCUT2D eigenvalue weighted by Gasteiger charge is 2.11. The van der Waals surface area contributed by atoms with Crippen LogP contribution in [-0.4, -0.2) is 19.3 Å². The maximum atomic E-state index is 4.33. The van der Waals surface area contributed by atoms with E-state index in [2.05, 4.69) is 84.9 Å². The van der Waals surface area contributed by atoms with Gasteiger partial charge < -0.3 is 9.13 Å². The summed E-state index contributed by atoms with van der Waals surface area (Å²) in [6.07, 6.45) is 2.85. The molecule has 0 aliphatic carbocycles. The zero-order chi connectivity index (χ0) is 15.5. The van der Waals surface area contributed by atoms with Crippen molar-refractivity contribution < 1.29 is 0 Å². The molecule has 0 amide bonds. The number of rotatable bonds is 5. The van der Waals surface area contributed by atoms with Gasteiger partial charge in [0.05, 0.1) is 0 Å². The van der Waals surface area contributed by atoms with E-state index >= 15 is 0 Å². The molecule has 0 radical (unpaired) electrons. The molecule has 3 rings (SSSR count). The van der Waals surface area contributed by atoms with Crippen molar-refractivity contribution in [2.45, 2.75) is 17.3 Å². The highest BCUT2D eigenvalue weighted by atomic mass is 79.9. The van der Waals surface area contributed by atoms with Crippen LogP contribution >= 0.6 is 27.7 Å². The lowest BCUT2D eigenvalue weighted by atomic mass is 10.2. The average molecular weight is 377 g/mol. The highest BCUT2D eigenvalue weighted by Crippen LogP contribution is 2.22. The van der Waals surface area contributed by atoms with Gasteiger partial charge in [-0.3, -0.25) is 0 Å². The van der Waals surface area contributed by atoms with Crippen LogP contribution in [0.1, 0.15) is 17.1 Å². The first kappa shape index (κ1) is 15.4. The standard InChI is InChI=1S/C16H17BrN4S/c1-20-9-3-4-14(20)10-15-18-19-16(21(15)2)22-11-12-5-7-13(17)8-6-12/h3-9H,10-11H2,1-2H3. The Morgan fingerprint density at radius 3 is 2.55 bits per heavy atom. The van der Waals surface area contributed by atoms with Crippen molar-refractivity contribution in [3.05, 3.63) is 64.1 Å². The van der Waals surface area contributed by atoms with Crippen LogP contribution < -0.4 is 0 Å². The Balaban J connectivity index is 1.68. The van der Waals surface area contributed by atoms with E-state index < -0.39 is 0 Å². The normalized spacial score (nSPS) is 11.0. The first-order valence-corrected chi connectivity index (χ1v) is 8.77. The molecule has 0 fully saturated rings. The fourth-order valence-corrected chi connectivity index (χ4v) is 3.35. The number of hydrogen-bond acceptors (Lipinski definition) is 3. The van der Waals surface area contributed by atoms with E-state index in [1.165, 1.54) is 11.3 Å². The third-order valence-corrected chi connectivity index (χ3v) is 5.22. The molecule has 6 heteroatoms. The summed E-state index contributed by atoms with van der Waals surface area (Å²) in [7, 11) is 4.08. The number of benzene rings is 1. The largest absolute Gasteiger partial charge is 0.354 e. The number of aryl methyl sites for hydroxylation is 1. The van der Waals surface area contributed by atoms with Gasteiger partial charge in [0, 0.05) is 42.6 Å². The molecule has 0 N–H and O–H groups in total. The smallest absolute Gasteiger partial charge is 0.191 e. The number of thioether (sulfide) groups is 1. The molecule has 114 valence electrons. The second-order valence-corrected chi connectivity index (χ2v) is 7.02. The maximum Gasteiger partial charge on any atom is 0.191 e. The Morgan fingerprint density at radius 2 is 1.86 bits per heavy atom. The van der Waals surface area contributed by atoms with Crippen molar-refractivity contribution >= 4 is 27.7 Å². The third-order valence-electron chi connectivity index (χ3n) is 3.60. The molecular formula is C16H17BrN4S. The van der Waals surface area contributed by atoms with E-state index in [9.17, 15) is 0 Å². The Bertz CT molecular complexity index is 761. The van der Waals surface area contributed by atoms with Gasteiger partial charge in [0.15, 0.2) is 5.16 Å². The summed E-state index contributed by atoms with van der Waals surface area (Å²) in [5, 5.41) is 9.60. The van der Waals surface area contributed by atoms with Crippen molar-refractivity contribution in [2.24, 2.45) is 14.1 Å². The van der Waals surface area contributed by atoms with E-state index in [0.717, 1.165) is 27.6 Å². The second kappa shape index (κ2) is 6.71. The molecule has 4 nitrogen and oxygen atoms in total. The first-order chi connectivity index (χ1) is 10.6. The minimum absolute atomic E-state index is 0.797. The number of nitrogens with zero attached hydrogens (tertiary/aromatic N) is 4. The maximum absolute atomic E-state index is 4.33. The van der Waals surface area contributed by atoms with Crippen molar-refractivity contribution in [2.75, 3.05) is 0 Å². The molecule has 0 bridgehead atoms. The monoisotopic (exact) mass is 376 g/mol. The van der Waals surface area contributed by atoms with Gasteiger partial charge in [-0.05, 0) is 29.8 Å². The molecule has 1 aromatic carbocycles. The summed E-state index contributed by atoms with van der Waals surface area (Å²) in [5.74, 6) is 1.88. The molecule has 2 aromatic heterocycles. The van der Waals surface area contributed by atoms with Gasteiger partial charge in [-0.15, -0.1) is 10.2 Å². The Kier molecular flexibility index (Phi) is 4.69. The molecule has 0 spiro atoms. The minimum Gasteiger partial charge on any atom is -0.354 e. The van der Waals surface area contributed by atoms with Gasteiger partial charge in [0.2, 0.25) is 0 Å². The summed E-state index contributed by atoms with van der Waals surface area (Å²) in [6, 6.07) is 12.5. The van der Waals surface area contributed by atoms with Gasteiger partial charge in [-0.1, -0.05) is 39.8 Å². The van der Waals surface area contributed by atoms with Crippen molar-refractivity contribution in [1.82, 2.24) is 19.3 Å². The van der Waals surface area contributed by atoms with E-state index in [1.54, 1.807) is 11.8 Å². The second-order valence-electron chi connectivity index (χ2n) is 5.16. The van der Waals surface area contributed by atoms with Crippen LogP contribution in [0.5, 0.6) is 0 Å². The van der Waals surface area contributed by atoms with E-state index in [-0.39, 0.29) is 0 Å². The van der Waals surface area contributed by atoms with Gasteiger partial charge in [0.1, 0.15) is 5.82 Å². The summed E-state index contributed by atoms with van der Waals surface area (Å²) >= 11 is 5.17. The molecule has 0 saturated carbocycles. The van der Waals surface area contributed by atoms with Gasteiger partial charge >= 0.3 is 0 Å². The van der Waals surface area contributed by atoms with Gasteiger partial charge in [-0.2, -0.15) is 0 Å². The molecule has 2 heterocycles. The van der Waals surface area contributed by atoms with E-state index in [1.807, 2.05) is 7.05 Å². The van der Waals surface area contributed by atoms with E-state index in [0.29, 0.717) is 0 Å². The van der Waals surface area contributed by atoms with Crippen LogP contribution in [-0.2, 0) is 26.3 Å². The van der Waals surface area contributed by atoms with Crippen molar-refractivity contribution in [3.63, 3.8) is 0 Å². The summed E-state index contributed by atoms with van der Waals surface area (Å²) in [6.45, 7) is 0. The predicted molar refractivity (Wildman–Crippen MR) is 92.9 cm³/mol. The highest BCUT2D eigenvalue weighted by molar-refractivity contribution is 9.10. The van der Waals surface area contributed by atoms with Crippen LogP contribution in [0.25, 0.3) is 0 Å². The van der Waals surface area contributed by atoms with Gasteiger partial charge in [0.25, 0.3) is 0 Å². The number of aromatic nitrogens is 4. The average Bonchev–Trinajstić information content (AvgIpc) is 3.07. The van der Waals surface area contributed by atoms with Crippen LogP contribution in [0.15, 0.2) is 52.2 Å². The molecule has 0 unspecified atom stereocenters. The fourth-order valence-electron chi connectivity index (χ4n) is 2.20. The van der Waals surface area contributed by atoms with Crippen LogP contribution in [0, 0.1) is 0 Å². The lowest BCUT2D eigenvalue weighted by Crippen LogP contribution is -2.03. The summed E-state index contributed by atoms with van der Waals surface area (Å²) in [4.78, 5) is 0. The Morgan fingerprint density at radius 1 is 1.09 bits per heavy atom. The molecular weight excluding hydrogens is 360 g/mol. The topological polar surface area (TPSA) is 35.6 Å². The van der Waals surface area contributed by atoms with Crippen molar-refractivity contribution in [3.8, 4) is 0 Å². The SMILES string of the molecule is Cn1cccc1Cc1nnc(SCc2ccc(Br)cc2)n1C. The lowest BCUT2D eigenvalue weighted by Gasteiger charge is -2.05. The molecule has 22 heavy (non-hydrogen) atoms. The Hall–Kier alpha value is -1.53. The van der Waals surface area contributed by atoms with Crippen LogP contribution in [0.3, 0.4) is 0 Å². The fraction of sp³-hybridized carbons (Fsp3) is 0.250. The quantitative estimate of drug-likeness (QED) is 0.635. The lowest BCUT2D eigenvalue weighted by molar-refractivity contribution is 0.731. The zero-order valence-electron chi connectivity index (χ0n) is 12.5. The number of halogens is 1. The Labute approximate surface area is 142 Å². The number of hydrogen-bond donors (Lipinski definition) is 0. The first-order valence-electron chi connectivity index (χ1n) is 6.99. The van der Waals surface area contributed by atoms with Gasteiger partial charge in [-0.25, -0.2) is 0 Å². The summed E-state index contributed by atoms with van der Waals surface area (Å²) in [5.41, 5.74) is 2.51. The molecule has 0 saturated heterocycles. The summed E-state index contributed by atoms with van der Waals surface area (Å²) < 4.78 is 5.30. The van der Waals surface area contributed by atoms with Crippen molar-refractivity contribution in [1.29, 1.82) is 0 Å².